The Bertz CT molecular complexity index is 373. The van der Waals surface area contributed by atoms with E-state index in [0.29, 0.717) is 18.6 Å². The molecule has 1 heterocycles. The molecule has 1 aliphatic heterocycles. The first-order valence-corrected chi connectivity index (χ1v) is 9.19. The largest absolute Gasteiger partial charge is 0.311 e. The molecule has 1 N–H and O–H groups in total. The van der Waals surface area contributed by atoms with Gasteiger partial charge in [-0.15, -0.1) is 0 Å². The zero-order valence-corrected chi connectivity index (χ0v) is 13.9. The van der Waals surface area contributed by atoms with Gasteiger partial charge in [0, 0.05) is 37.5 Å². The third kappa shape index (κ3) is 5.04. The van der Waals surface area contributed by atoms with Crippen molar-refractivity contribution in [1.82, 2.24) is 10.2 Å². The van der Waals surface area contributed by atoms with Crippen LogP contribution in [0.4, 0.5) is 0 Å². The van der Waals surface area contributed by atoms with Gasteiger partial charge in [-0.3, -0.25) is 4.90 Å². The van der Waals surface area contributed by atoms with Crippen molar-refractivity contribution in [2.75, 3.05) is 31.1 Å². The van der Waals surface area contributed by atoms with Gasteiger partial charge in [0.05, 0.1) is 5.75 Å². The molecule has 114 valence electrons. The van der Waals surface area contributed by atoms with E-state index in [0.717, 1.165) is 19.5 Å². The summed E-state index contributed by atoms with van der Waals surface area (Å²) in [4.78, 5) is 2.36. The molecule has 0 aromatic rings. The van der Waals surface area contributed by atoms with Crippen molar-refractivity contribution in [3.8, 4) is 0 Å². The van der Waals surface area contributed by atoms with Gasteiger partial charge in [0.1, 0.15) is 0 Å². The summed E-state index contributed by atoms with van der Waals surface area (Å²) < 4.78 is 23.3. The maximum absolute atomic E-state index is 11.7. The van der Waals surface area contributed by atoms with Gasteiger partial charge in [-0.25, -0.2) is 8.42 Å². The predicted molar refractivity (Wildman–Crippen MR) is 81.2 cm³/mol. The molecule has 0 saturated carbocycles. The van der Waals surface area contributed by atoms with Crippen LogP contribution < -0.4 is 5.32 Å². The number of nitrogens with one attached hydrogen (secondary N) is 1. The first kappa shape index (κ1) is 16.9. The van der Waals surface area contributed by atoms with Crippen molar-refractivity contribution in [3.63, 3.8) is 0 Å². The highest BCUT2D eigenvalue weighted by Gasteiger charge is 2.33. The molecule has 0 radical (unpaired) electrons. The van der Waals surface area contributed by atoms with Gasteiger partial charge in [0.25, 0.3) is 0 Å². The lowest BCUT2D eigenvalue weighted by Gasteiger charge is -2.45. The Morgan fingerprint density at radius 1 is 1.26 bits per heavy atom. The normalized spacial score (nSPS) is 26.6. The number of nitrogens with zero attached hydrogens (tertiary/aromatic N) is 1. The van der Waals surface area contributed by atoms with Crippen LogP contribution in [0.5, 0.6) is 0 Å². The van der Waals surface area contributed by atoms with Crippen LogP contribution in [-0.4, -0.2) is 56.5 Å². The summed E-state index contributed by atoms with van der Waals surface area (Å²) in [5.74, 6) is 0.537. The Kier molecular flexibility index (Phi) is 5.83. The van der Waals surface area contributed by atoms with Crippen LogP contribution >= 0.6 is 0 Å². The van der Waals surface area contributed by atoms with Crippen LogP contribution in [0.3, 0.4) is 0 Å². The molecule has 1 rings (SSSR count). The molecular formula is C14H30N2O2S. The minimum Gasteiger partial charge on any atom is -0.311 e. The molecular weight excluding hydrogens is 260 g/mol. The third-order valence-corrected chi connectivity index (χ3v) is 5.86. The fraction of sp³-hybridized carbons (Fsp3) is 1.00. The van der Waals surface area contributed by atoms with E-state index in [-0.39, 0.29) is 16.9 Å². The van der Waals surface area contributed by atoms with Crippen molar-refractivity contribution >= 4 is 9.84 Å². The number of hydrogen-bond acceptors (Lipinski definition) is 4. The van der Waals surface area contributed by atoms with Crippen LogP contribution in [0.15, 0.2) is 0 Å². The number of piperazine rings is 1. The number of sulfone groups is 1. The Morgan fingerprint density at radius 3 is 2.37 bits per heavy atom. The van der Waals surface area contributed by atoms with E-state index in [2.05, 4.69) is 37.9 Å². The molecule has 2 atom stereocenters. The van der Waals surface area contributed by atoms with E-state index in [9.17, 15) is 8.42 Å². The molecule has 0 spiro atoms. The monoisotopic (exact) mass is 290 g/mol. The highest BCUT2D eigenvalue weighted by molar-refractivity contribution is 7.91. The topological polar surface area (TPSA) is 49.4 Å². The lowest BCUT2D eigenvalue weighted by Crippen LogP contribution is -2.60. The first-order valence-electron chi connectivity index (χ1n) is 7.37. The fourth-order valence-electron chi connectivity index (χ4n) is 2.51. The molecule has 4 nitrogen and oxygen atoms in total. The second-order valence-corrected chi connectivity index (χ2v) is 9.09. The smallest absolute Gasteiger partial charge is 0.151 e. The zero-order valence-electron chi connectivity index (χ0n) is 13.1. The van der Waals surface area contributed by atoms with E-state index in [1.807, 2.05) is 0 Å². The molecule has 1 fully saturated rings. The van der Waals surface area contributed by atoms with Crippen molar-refractivity contribution in [2.24, 2.45) is 5.41 Å². The molecule has 19 heavy (non-hydrogen) atoms. The van der Waals surface area contributed by atoms with Gasteiger partial charge in [0.2, 0.25) is 0 Å². The lowest BCUT2D eigenvalue weighted by atomic mass is 9.84. The molecule has 0 aromatic heterocycles. The lowest BCUT2D eigenvalue weighted by molar-refractivity contribution is 0.0890. The van der Waals surface area contributed by atoms with Gasteiger partial charge in [-0.05, 0) is 11.8 Å². The Morgan fingerprint density at radius 2 is 1.89 bits per heavy atom. The Balaban J connectivity index is 2.65. The van der Waals surface area contributed by atoms with Crippen LogP contribution in [0, 0.1) is 5.41 Å². The zero-order chi connectivity index (χ0) is 14.7. The van der Waals surface area contributed by atoms with E-state index in [4.69, 9.17) is 0 Å². The van der Waals surface area contributed by atoms with Gasteiger partial charge in [-0.1, -0.05) is 34.6 Å². The molecule has 1 saturated heterocycles. The van der Waals surface area contributed by atoms with Crippen molar-refractivity contribution in [3.05, 3.63) is 0 Å². The highest BCUT2D eigenvalue weighted by atomic mass is 32.2. The summed E-state index contributed by atoms with van der Waals surface area (Å²) in [5, 5.41) is 3.61. The minimum atomic E-state index is -2.87. The predicted octanol–water partition coefficient (Wildman–Crippen LogP) is 1.52. The quantitative estimate of drug-likeness (QED) is 0.834. The van der Waals surface area contributed by atoms with Gasteiger partial charge in [-0.2, -0.15) is 0 Å². The average Bonchev–Trinajstić information content (AvgIpc) is 2.35. The molecule has 5 heteroatoms. The summed E-state index contributed by atoms with van der Waals surface area (Å²) in [7, 11) is -2.87. The van der Waals surface area contributed by atoms with Crippen LogP contribution in [0.25, 0.3) is 0 Å². The van der Waals surface area contributed by atoms with E-state index in [1.165, 1.54) is 0 Å². The van der Waals surface area contributed by atoms with Gasteiger partial charge in [0.15, 0.2) is 9.84 Å². The number of hydrogen-bond donors (Lipinski definition) is 1. The molecule has 0 aliphatic carbocycles. The fourth-order valence-corrected chi connectivity index (χ4v) is 3.31. The summed E-state index contributed by atoms with van der Waals surface area (Å²) in [5.41, 5.74) is 0.209. The van der Waals surface area contributed by atoms with Crippen molar-refractivity contribution < 1.29 is 8.42 Å². The molecule has 0 amide bonds. The van der Waals surface area contributed by atoms with Gasteiger partial charge >= 0.3 is 0 Å². The highest BCUT2D eigenvalue weighted by Crippen LogP contribution is 2.24. The van der Waals surface area contributed by atoms with Crippen molar-refractivity contribution in [2.45, 2.75) is 53.1 Å². The second kappa shape index (κ2) is 6.55. The summed E-state index contributed by atoms with van der Waals surface area (Å²) in [6.07, 6.45) is 1.07. The standard InChI is InChI=1S/C14H30N2O2S/c1-6-12-10-15-13(14(3,4)5)11-16(12)8-9-19(17,18)7-2/h12-13,15H,6-11H2,1-5H3. The summed E-state index contributed by atoms with van der Waals surface area (Å²) >= 11 is 0. The molecule has 2 unspecified atom stereocenters. The first-order chi connectivity index (χ1) is 8.69. The van der Waals surface area contributed by atoms with Crippen LogP contribution in [0.2, 0.25) is 0 Å². The SMILES string of the molecule is CCC1CNC(C(C)(C)C)CN1CCS(=O)(=O)CC. The van der Waals surface area contributed by atoms with Crippen LogP contribution in [-0.2, 0) is 9.84 Å². The average molecular weight is 290 g/mol. The van der Waals surface area contributed by atoms with Gasteiger partial charge < -0.3 is 5.32 Å². The Hall–Kier alpha value is -0.130. The van der Waals surface area contributed by atoms with E-state index in [1.54, 1.807) is 6.92 Å². The molecule has 0 bridgehead atoms. The molecule has 1 aliphatic rings. The van der Waals surface area contributed by atoms with Crippen LogP contribution in [0.1, 0.15) is 41.0 Å². The maximum Gasteiger partial charge on any atom is 0.151 e. The van der Waals surface area contributed by atoms with E-state index >= 15 is 0 Å². The third-order valence-electron chi connectivity index (χ3n) is 4.18. The summed E-state index contributed by atoms with van der Waals surface area (Å²) in [6.45, 7) is 13.2. The molecule has 0 aromatic carbocycles. The summed E-state index contributed by atoms with van der Waals surface area (Å²) in [6, 6.07) is 0.894. The second-order valence-electron chi connectivity index (χ2n) is 6.62. The Labute approximate surface area is 118 Å². The van der Waals surface area contributed by atoms with Crippen molar-refractivity contribution in [1.29, 1.82) is 0 Å². The number of rotatable bonds is 5. The van der Waals surface area contributed by atoms with E-state index < -0.39 is 9.84 Å². The minimum absolute atomic E-state index is 0.209. The maximum atomic E-state index is 11.7.